The van der Waals surface area contributed by atoms with Crippen LogP contribution in [0.2, 0.25) is 0 Å². The number of ether oxygens (including phenoxy) is 1. The minimum atomic E-state index is -3.51. The second kappa shape index (κ2) is 5.67. The van der Waals surface area contributed by atoms with Crippen molar-refractivity contribution in [3.8, 4) is 5.75 Å². The topological polar surface area (TPSA) is 69.7 Å². The van der Waals surface area contributed by atoms with Crippen LogP contribution < -0.4 is 4.18 Å². The third-order valence-electron chi connectivity index (χ3n) is 1.86. The summed E-state index contributed by atoms with van der Waals surface area (Å²) < 4.78 is 31.3. The molecule has 17 heavy (non-hydrogen) atoms. The van der Waals surface area contributed by atoms with Crippen LogP contribution in [0, 0.1) is 0 Å². The molecule has 0 bridgehead atoms. The third-order valence-corrected chi connectivity index (χ3v) is 2.35. The Bertz CT molecular complexity index is 475. The molecule has 0 N–H and O–H groups in total. The van der Waals surface area contributed by atoms with Crippen LogP contribution in [-0.4, -0.2) is 20.6 Å². The van der Waals surface area contributed by atoms with E-state index < -0.39 is 10.1 Å². The summed E-state index contributed by atoms with van der Waals surface area (Å²) in [6.45, 7) is 1.89. The minimum absolute atomic E-state index is 0.172. The molecule has 5 nitrogen and oxygen atoms in total. The average Bonchev–Trinajstić information content (AvgIpc) is 2.25. The zero-order valence-electron chi connectivity index (χ0n) is 9.67. The van der Waals surface area contributed by atoms with Crippen molar-refractivity contribution in [1.82, 2.24) is 0 Å². The first-order valence-electron chi connectivity index (χ1n) is 5.04. The largest absolute Gasteiger partial charge is 0.461 e. The predicted octanol–water partition coefficient (Wildman–Crippen LogP) is 1.48. The summed E-state index contributed by atoms with van der Waals surface area (Å²) in [6, 6.07) is 6.30. The first-order chi connectivity index (χ1) is 7.90. The summed E-state index contributed by atoms with van der Waals surface area (Å²) in [4.78, 5) is 10.9. The maximum Gasteiger partial charge on any atom is 0.306 e. The Morgan fingerprint density at radius 1 is 1.24 bits per heavy atom. The molecule has 0 aromatic heterocycles. The van der Waals surface area contributed by atoms with E-state index in [9.17, 15) is 13.2 Å². The van der Waals surface area contributed by atoms with Crippen LogP contribution in [0.15, 0.2) is 24.3 Å². The van der Waals surface area contributed by atoms with Gasteiger partial charge in [0.15, 0.2) is 0 Å². The van der Waals surface area contributed by atoms with E-state index in [0.29, 0.717) is 6.42 Å². The Morgan fingerprint density at radius 2 is 1.82 bits per heavy atom. The molecule has 0 unspecified atom stereocenters. The number of carbonyl (C=O) groups excluding carboxylic acids is 1. The quantitative estimate of drug-likeness (QED) is 0.591. The first-order valence-corrected chi connectivity index (χ1v) is 6.86. The van der Waals surface area contributed by atoms with Crippen molar-refractivity contribution in [1.29, 1.82) is 0 Å². The maximum atomic E-state index is 10.9. The molecule has 0 atom stereocenters. The van der Waals surface area contributed by atoms with Gasteiger partial charge in [0, 0.05) is 6.42 Å². The lowest BCUT2D eigenvalue weighted by atomic mass is 10.2. The highest BCUT2D eigenvalue weighted by atomic mass is 32.2. The molecule has 1 rings (SSSR count). The number of carbonyl (C=O) groups is 1. The van der Waals surface area contributed by atoms with Crippen LogP contribution in [0.5, 0.6) is 5.75 Å². The van der Waals surface area contributed by atoms with E-state index in [0.717, 1.165) is 11.8 Å². The van der Waals surface area contributed by atoms with Gasteiger partial charge in [0.1, 0.15) is 12.4 Å². The van der Waals surface area contributed by atoms with Gasteiger partial charge >= 0.3 is 16.1 Å². The Labute approximate surface area is 100 Å². The third kappa shape index (κ3) is 5.35. The molecule has 0 aliphatic carbocycles. The van der Waals surface area contributed by atoms with Gasteiger partial charge in [-0.25, -0.2) is 0 Å². The van der Waals surface area contributed by atoms with Crippen LogP contribution >= 0.6 is 0 Å². The van der Waals surface area contributed by atoms with Crippen molar-refractivity contribution in [2.45, 2.75) is 20.0 Å². The molecule has 1 aromatic carbocycles. The fraction of sp³-hybridized carbons (Fsp3) is 0.364. The van der Waals surface area contributed by atoms with E-state index in [1.807, 2.05) is 0 Å². The monoisotopic (exact) mass is 258 g/mol. The van der Waals surface area contributed by atoms with Gasteiger partial charge in [-0.2, -0.15) is 8.42 Å². The van der Waals surface area contributed by atoms with Gasteiger partial charge in [-0.05, 0) is 17.7 Å². The normalized spacial score (nSPS) is 10.9. The number of hydrogen-bond acceptors (Lipinski definition) is 5. The molecule has 94 valence electrons. The zero-order chi connectivity index (χ0) is 12.9. The van der Waals surface area contributed by atoms with E-state index in [2.05, 4.69) is 4.18 Å². The highest BCUT2D eigenvalue weighted by molar-refractivity contribution is 7.86. The maximum absolute atomic E-state index is 10.9. The van der Waals surface area contributed by atoms with Crippen LogP contribution in [0.4, 0.5) is 0 Å². The fourth-order valence-corrected chi connectivity index (χ4v) is 1.54. The molecule has 6 heteroatoms. The first kappa shape index (κ1) is 13.5. The summed E-state index contributed by atoms with van der Waals surface area (Å²) in [6.07, 6.45) is 1.30. The Kier molecular flexibility index (Phi) is 4.51. The molecule has 0 aliphatic rings. The van der Waals surface area contributed by atoms with E-state index >= 15 is 0 Å². The highest BCUT2D eigenvalue weighted by Crippen LogP contribution is 2.14. The van der Waals surface area contributed by atoms with Crippen molar-refractivity contribution in [2.75, 3.05) is 6.26 Å². The summed E-state index contributed by atoms with van der Waals surface area (Å²) in [5, 5.41) is 0. The van der Waals surface area contributed by atoms with Gasteiger partial charge in [0.05, 0.1) is 6.26 Å². The second-order valence-corrected chi connectivity index (χ2v) is 5.02. The highest BCUT2D eigenvalue weighted by Gasteiger charge is 2.04. The molecular weight excluding hydrogens is 244 g/mol. The van der Waals surface area contributed by atoms with E-state index in [1.54, 1.807) is 19.1 Å². The second-order valence-electron chi connectivity index (χ2n) is 3.45. The number of esters is 1. The SMILES string of the molecule is CCC(=O)OCc1ccc(OS(C)(=O)=O)cc1. The Hall–Kier alpha value is -1.56. The lowest BCUT2D eigenvalue weighted by Gasteiger charge is -2.05. The fourth-order valence-electron chi connectivity index (χ4n) is 1.08. The van der Waals surface area contributed by atoms with Crippen molar-refractivity contribution in [2.24, 2.45) is 0 Å². The number of rotatable bonds is 5. The molecule has 0 heterocycles. The molecule has 0 radical (unpaired) electrons. The molecule has 0 saturated carbocycles. The minimum Gasteiger partial charge on any atom is -0.461 e. The number of benzene rings is 1. The van der Waals surface area contributed by atoms with E-state index in [4.69, 9.17) is 4.74 Å². The van der Waals surface area contributed by atoms with E-state index in [1.165, 1.54) is 12.1 Å². The standard InChI is InChI=1S/C11H14O5S/c1-3-11(12)15-8-9-4-6-10(7-5-9)16-17(2,13)14/h4-7H,3,8H2,1-2H3. The summed E-state index contributed by atoms with van der Waals surface area (Å²) in [5.74, 6) is -0.0421. The Morgan fingerprint density at radius 3 is 2.29 bits per heavy atom. The van der Waals surface area contributed by atoms with Gasteiger partial charge in [0.25, 0.3) is 0 Å². The van der Waals surface area contributed by atoms with Gasteiger partial charge in [0.2, 0.25) is 0 Å². The number of hydrogen-bond donors (Lipinski definition) is 0. The van der Waals surface area contributed by atoms with Crippen molar-refractivity contribution >= 4 is 16.1 Å². The van der Waals surface area contributed by atoms with Gasteiger partial charge in [-0.3, -0.25) is 4.79 Å². The average molecular weight is 258 g/mol. The van der Waals surface area contributed by atoms with Crippen LogP contribution in [0.25, 0.3) is 0 Å². The lowest BCUT2D eigenvalue weighted by molar-refractivity contribution is -0.144. The molecule has 0 saturated heterocycles. The van der Waals surface area contributed by atoms with Gasteiger partial charge < -0.3 is 8.92 Å². The predicted molar refractivity (Wildman–Crippen MR) is 62.0 cm³/mol. The van der Waals surface area contributed by atoms with Crippen LogP contribution in [-0.2, 0) is 26.3 Å². The van der Waals surface area contributed by atoms with Crippen LogP contribution in [0.1, 0.15) is 18.9 Å². The van der Waals surface area contributed by atoms with Gasteiger partial charge in [-0.15, -0.1) is 0 Å². The van der Waals surface area contributed by atoms with Gasteiger partial charge in [-0.1, -0.05) is 19.1 Å². The lowest BCUT2D eigenvalue weighted by Crippen LogP contribution is -2.06. The molecule has 1 aromatic rings. The summed E-state index contributed by atoms with van der Waals surface area (Å²) in [7, 11) is -3.51. The van der Waals surface area contributed by atoms with Crippen LogP contribution in [0.3, 0.4) is 0 Å². The molecule has 0 spiro atoms. The Balaban J connectivity index is 2.59. The summed E-state index contributed by atoms with van der Waals surface area (Å²) in [5.41, 5.74) is 0.771. The molecule has 0 aliphatic heterocycles. The molecule has 0 fully saturated rings. The molecule has 0 amide bonds. The molecular formula is C11H14O5S. The van der Waals surface area contributed by atoms with Crippen molar-refractivity contribution in [3.63, 3.8) is 0 Å². The van der Waals surface area contributed by atoms with Crippen molar-refractivity contribution in [3.05, 3.63) is 29.8 Å². The summed E-state index contributed by atoms with van der Waals surface area (Å²) >= 11 is 0. The van der Waals surface area contributed by atoms with Crippen molar-refractivity contribution < 1.29 is 22.1 Å². The zero-order valence-corrected chi connectivity index (χ0v) is 10.5. The van der Waals surface area contributed by atoms with E-state index in [-0.39, 0.29) is 18.3 Å². The smallest absolute Gasteiger partial charge is 0.306 e.